The van der Waals surface area contributed by atoms with Gasteiger partial charge in [0, 0.05) is 0 Å². The van der Waals surface area contributed by atoms with E-state index in [4.69, 9.17) is 5.84 Å². The third-order valence-electron chi connectivity index (χ3n) is 0.853. The largest absolute Gasteiger partial charge is 0.329 e. The number of aromatic nitrogens is 2. The van der Waals surface area contributed by atoms with Crippen molar-refractivity contribution in [2.24, 2.45) is 5.84 Å². The lowest BCUT2D eigenvalue weighted by Gasteiger charge is -1.87. The molecule has 0 saturated carbocycles. The van der Waals surface area contributed by atoms with Crippen LogP contribution in [0, 0.1) is 6.92 Å². The van der Waals surface area contributed by atoms with E-state index in [-0.39, 0.29) is 5.89 Å². The van der Waals surface area contributed by atoms with Crippen molar-refractivity contribution < 1.29 is 9.32 Å². The molecule has 0 spiro atoms. The molecule has 1 rings (SSSR count). The number of hydrazine groups is 1. The van der Waals surface area contributed by atoms with Gasteiger partial charge in [0.25, 0.3) is 0 Å². The SMILES string of the molecule is Cc1noc(C(=O)NN)n1. The molecular formula is C4H6N4O2. The highest BCUT2D eigenvalue weighted by Gasteiger charge is 2.10. The van der Waals surface area contributed by atoms with Crippen LogP contribution in [-0.4, -0.2) is 16.0 Å². The van der Waals surface area contributed by atoms with E-state index in [1.165, 1.54) is 0 Å². The maximum atomic E-state index is 10.6. The van der Waals surface area contributed by atoms with Gasteiger partial charge in [0.15, 0.2) is 5.82 Å². The van der Waals surface area contributed by atoms with Crippen LogP contribution < -0.4 is 11.3 Å². The van der Waals surface area contributed by atoms with E-state index in [2.05, 4.69) is 14.7 Å². The molecule has 1 amide bonds. The Morgan fingerprint density at radius 3 is 2.90 bits per heavy atom. The minimum atomic E-state index is -0.583. The Balaban J connectivity index is 2.85. The summed E-state index contributed by atoms with van der Waals surface area (Å²) in [6.45, 7) is 1.61. The van der Waals surface area contributed by atoms with Crippen LogP contribution in [0.5, 0.6) is 0 Å². The lowest BCUT2D eigenvalue weighted by atomic mass is 10.6. The van der Waals surface area contributed by atoms with Gasteiger partial charge in [-0.3, -0.25) is 10.2 Å². The Hall–Kier alpha value is -1.43. The van der Waals surface area contributed by atoms with Gasteiger partial charge in [0.1, 0.15) is 0 Å². The number of aryl methyl sites for hydroxylation is 1. The smallest absolute Gasteiger partial charge is 0.323 e. The van der Waals surface area contributed by atoms with Crippen LogP contribution in [0.1, 0.15) is 16.5 Å². The molecule has 6 nitrogen and oxygen atoms in total. The number of amides is 1. The number of nitrogens with zero attached hydrogens (tertiary/aromatic N) is 2. The molecule has 1 heterocycles. The summed E-state index contributed by atoms with van der Waals surface area (Å²) in [5, 5.41) is 3.38. The number of rotatable bonds is 1. The lowest BCUT2D eigenvalue weighted by molar-refractivity contribution is 0.0910. The zero-order chi connectivity index (χ0) is 7.56. The third-order valence-corrected chi connectivity index (χ3v) is 0.853. The molecule has 1 aromatic rings. The number of hydrogen-bond acceptors (Lipinski definition) is 5. The molecule has 0 aromatic carbocycles. The average molecular weight is 142 g/mol. The first-order valence-corrected chi connectivity index (χ1v) is 2.55. The fourth-order valence-corrected chi connectivity index (χ4v) is 0.451. The van der Waals surface area contributed by atoms with Gasteiger partial charge in [-0.05, 0) is 6.92 Å². The Morgan fingerprint density at radius 2 is 2.50 bits per heavy atom. The molecule has 0 aliphatic heterocycles. The van der Waals surface area contributed by atoms with Crippen LogP contribution >= 0.6 is 0 Å². The van der Waals surface area contributed by atoms with Crippen LogP contribution in [0.15, 0.2) is 4.52 Å². The molecule has 0 atom stereocenters. The van der Waals surface area contributed by atoms with Gasteiger partial charge < -0.3 is 4.52 Å². The number of hydrogen-bond donors (Lipinski definition) is 2. The van der Waals surface area contributed by atoms with Crippen molar-refractivity contribution >= 4 is 5.91 Å². The fourth-order valence-electron chi connectivity index (χ4n) is 0.451. The number of nitrogens with two attached hydrogens (primary N) is 1. The topological polar surface area (TPSA) is 94.0 Å². The van der Waals surface area contributed by atoms with E-state index >= 15 is 0 Å². The van der Waals surface area contributed by atoms with Crippen LogP contribution in [0.25, 0.3) is 0 Å². The van der Waals surface area contributed by atoms with Crippen LogP contribution in [0.2, 0.25) is 0 Å². The lowest BCUT2D eigenvalue weighted by Crippen LogP contribution is -2.30. The molecule has 0 unspecified atom stereocenters. The molecular weight excluding hydrogens is 136 g/mol. The van der Waals surface area contributed by atoms with Crippen LogP contribution in [-0.2, 0) is 0 Å². The van der Waals surface area contributed by atoms with Gasteiger partial charge in [-0.1, -0.05) is 5.16 Å². The molecule has 0 saturated heterocycles. The maximum Gasteiger partial charge on any atom is 0.323 e. The zero-order valence-corrected chi connectivity index (χ0v) is 5.29. The highest BCUT2D eigenvalue weighted by Crippen LogP contribution is 1.93. The number of nitrogens with one attached hydrogen (secondary N) is 1. The molecule has 0 aliphatic carbocycles. The first-order valence-electron chi connectivity index (χ1n) is 2.55. The summed E-state index contributed by atoms with van der Waals surface area (Å²) in [6, 6.07) is 0. The van der Waals surface area contributed by atoms with Gasteiger partial charge in [-0.25, -0.2) is 5.84 Å². The third kappa shape index (κ3) is 1.11. The Kier molecular flexibility index (Phi) is 1.63. The molecule has 6 heteroatoms. The predicted octanol–water partition coefficient (Wildman–Crippen LogP) is -1.02. The molecule has 10 heavy (non-hydrogen) atoms. The summed E-state index contributed by atoms with van der Waals surface area (Å²) in [6.07, 6.45) is 0. The van der Waals surface area contributed by atoms with E-state index < -0.39 is 5.91 Å². The minimum absolute atomic E-state index is 0.125. The first-order chi connectivity index (χ1) is 4.74. The second kappa shape index (κ2) is 2.44. The molecule has 3 N–H and O–H groups in total. The summed E-state index contributed by atoms with van der Waals surface area (Å²) in [7, 11) is 0. The highest BCUT2D eigenvalue weighted by molar-refractivity contribution is 5.88. The molecule has 0 aliphatic rings. The van der Waals surface area contributed by atoms with E-state index in [1.807, 2.05) is 5.43 Å². The molecule has 0 radical (unpaired) electrons. The van der Waals surface area contributed by atoms with Crippen LogP contribution in [0.4, 0.5) is 0 Å². The van der Waals surface area contributed by atoms with Crippen molar-refractivity contribution in [1.82, 2.24) is 15.6 Å². The van der Waals surface area contributed by atoms with Gasteiger partial charge >= 0.3 is 11.8 Å². The van der Waals surface area contributed by atoms with Gasteiger partial charge in [0.2, 0.25) is 0 Å². The van der Waals surface area contributed by atoms with Crippen LogP contribution in [0.3, 0.4) is 0 Å². The van der Waals surface area contributed by atoms with E-state index in [0.29, 0.717) is 5.82 Å². The quantitative estimate of drug-likeness (QED) is 0.297. The number of carbonyl (C=O) groups is 1. The van der Waals surface area contributed by atoms with E-state index in [9.17, 15) is 4.79 Å². The molecule has 0 bridgehead atoms. The normalized spacial score (nSPS) is 9.40. The zero-order valence-electron chi connectivity index (χ0n) is 5.29. The number of nitrogen functional groups attached to an aromatic ring is 1. The molecule has 1 aromatic heterocycles. The highest BCUT2D eigenvalue weighted by atomic mass is 16.5. The summed E-state index contributed by atoms with van der Waals surface area (Å²) in [5.41, 5.74) is 1.86. The van der Waals surface area contributed by atoms with Crippen molar-refractivity contribution in [2.75, 3.05) is 0 Å². The van der Waals surface area contributed by atoms with Gasteiger partial charge in [-0.2, -0.15) is 4.98 Å². The average Bonchev–Trinajstić information content (AvgIpc) is 2.34. The summed E-state index contributed by atoms with van der Waals surface area (Å²) < 4.78 is 4.46. The van der Waals surface area contributed by atoms with E-state index in [0.717, 1.165) is 0 Å². The Morgan fingerprint density at radius 1 is 1.80 bits per heavy atom. The minimum Gasteiger partial charge on any atom is -0.329 e. The summed E-state index contributed by atoms with van der Waals surface area (Å²) in [4.78, 5) is 14.2. The standard InChI is InChI=1S/C4H6N4O2/c1-2-6-4(10-8-2)3(9)7-5/h5H2,1H3,(H,7,9). The van der Waals surface area contributed by atoms with Crippen molar-refractivity contribution in [3.8, 4) is 0 Å². The second-order valence-corrected chi connectivity index (χ2v) is 1.62. The van der Waals surface area contributed by atoms with Gasteiger partial charge in [0.05, 0.1) is 0 Å². The molecule has 0 fully saturated rings. The van der Waals surface area contributed by atoms with Crippen molar-refractivity contribution in [2.45, 2.75) is 6.92 Å². The predicted molar refractivity (Wildman–Crippen MR) is 30.7 cm³/mol. The summed E-state index contributed by atoms with van der Waals surface area (Å²) in [5.74, 6) is 4.48. The van der Waals surface area contributed by atoms with Gasteiger partial charge in [-0.15, -0.1) is 0 Å². The number of carbonyl (C=O) groups excluding carboxylic acids is 1. The fraction of sp³-hybridized carbons (Fsp3) is 0.250. The molecule has 54 valence electrons. The Bertz CT molecular complexity index is 243. The van der Waals surface area contributed by atoms with Crippen molar-refractivity contribution in [3.63, 3.8) is 0 Å². The van der Waals surface area contributed by atoms with Crippen molar-refractivity contribution in [3.05, 3.63) is 11.7 Å². The monoisotopic (exact) mass is 142 g/mol. The maximum absolute atomic E-state index is 10.6. The summed E-state index contributed by atoms with van der Waals surface area (Å²) >= 11 is 0. The van der Waals surface area contributed by atoms with Crippen molar-refractivity contribution in [1.29, 1.82) is 0 Å². The second-order valence-electron chi connectivity index (χ2n) is 1.62. The first kappa shape index (κ1) is 6.69. The Labute approximate surface area is 56.4 Å². The van der Waals surface area contributed by atoms with E-state index in [1.54, 1.807) is 6.92 Å².